The van der Waals surface area contributed by atoms with Gasteiger partial charge in [0.25, 0.3) is 0 Å². The number of phenols is 2. The zero-order valence-corrected chi connectivity index (χ0v) is 29.3. The van der Waals surface area contributed by atoms with E-state index in [1.54, 1.807) is 11.8 Å². The predicted molar refractivity (Wildman–Crippen MR) is 184 cm³/mol. The van der Waals surface area contributed by atoms with Crippen LogP contribution in [-0.2, 0) is 15.6 Å². The number of carbonyl (C=O) groups excluding carboxylic acids is 1. The van der Waals surface area contributed by atoms with Gasteiger partial charge in [-0.25, -0.2) is 0 Å². The summed E-state index contributed by atoms with van der Waals surface area (Å²) >= 11 is 1.77. The highest BCUT2D eigenvalue weighted by Gasteiger charge is 2.33. The van der Waals surface area contributed by atoms with Gasteiger partial charge in [-0.3, -0.25) is 4.79 Å². The number of rotatable bonds is 16. The number of phenolic OH excluding ortho intramolecular Hbond substituents is 2. The second-order valence-corrected chi connectivity index (χ2v) is 15.9. The summed E-state index contributed by atoms with van der Waals surface area (Å²) in [6, 6.07) is 7.74. The Balaban J connectivity index is 2.29. The monoisotopic (exact) mass is 596 g/mol. The van der Waals surface area contributed by atoms with Crippen LogP contribution in [0.1, 0.15) is 159 Å². The van der Waals surface area contributed by atoms with Crippen molar-refractivity contribution in [1.82, 2.24) is 0 Å². The summed E-state index contributed by atoms with van der Waals surface area (Å²) in [5, 5.41) is 21.5. The highest BCUT2D eigenvalue weighted by molar-refractivity contribution is 8.00. The number of ketones is 1. The molecule has 0 amide bonds. The molecule has 2 aromatic carbocycles. The van der Waals surface area contributed by atoms with Crippen LogP contribution in [0, 0.1) is 13.8 Å². The van der Waals surface area contributed by atoms with Crippen molar-refractivity contribution in [2.24, 2.45) is 0 Å². The number of unbranched alkanes of at least 4 members (excludes halogenated alkanes) is 9. The highest BCUT2D eigenvalue weighted by atomic mass is 32.2. The smallest absolute Gasteiger partial charge is 0.157 e. The van der Waals surface area contributed by atoms with Crippen molar-refractivity contribution in [3.63, 3.8) is 0 Å². The van der Waals surface area contributed by atoms with Gasteiger partial charge in [0, 0.05) is 0 Å². The largest absolute Gasteiger partial charge is 0.508 e. The van der Waals surface area contributed by atoms with E-state index in [2.05, 4.69) is 67.5 Å². The molecule has 0 aliphatic carbocycles. The molecule has 0 radical (unpaired) electrons. The molecule has 3 nitrogen and oxygen atoms in total. The number of thioether (sulfide) groups is 1. The first-order valence-corrected chi connectivity index (χ1v) is 17.5. The van der Waals surface area contributed by atoms with Crippen LogP contribution in [0.5, 0.6) is 11.5 Å². The van der Waals surface area contributed by atoms with Crippen molar-refractivity contribution in [1.29, 1.82) is 0 Å². The van der Waals surface area contributed by atoms with E-state index in [-0.39, 0.29) is 33.4 Å². The van der Waals surface area contributed by atoms with Crippen LogP contribution < -0.4 is 0 Å². The molecule has 0 bridgehead atoms. The normalized spacial score (nSPS) is 13.1. The van der Waals surface area contributed by atoms with E-state index in [4.69, 9.17) is 0 Å². The summed E-state index contributed by atoms with van der Waals surface area (Å²) in [5.74, 6) is 1.25. The van der Waals surface area contributed by atoms with Gasteiger partial charge >= 0.3 is 0 Å². The van der Waals surface area contributed by atoms with E-state index < -0.39 is 5.92 Å². The van der Waals surface area contributed by atoms with Crippen molar-refractivity contribution in [2.75, 3.05) is 5.75 Å². The minimum Gasteiger partial charge on any atom is -0.508 e. The lowest BCUT2D eigenvalue weighted by molar-refractivity contribution is -0.118. The van der Waals surface area contributed by atoms with Gasteiger partial charge < -0.3 is 10.2 Å². The summed E-state index contributed by atoms with van der Waals surface area (Å²) in [6.07, 6.45) is 13.1. The van der Waals surface area contributed by atoms with Crippen LogP contribution >= 0.6 is 11.8 Å². The zero-order chi connectivity index (χ0) is 31.7. The first-order valence-electron chi connectivity index (χ1n) is 16.4. The number of aromatic hydroxyl groups is 2. The minimum atomic E-state index is -0.469. The maximum Gasteiger partial charge on any atom is 0.157 e. The van der Waals surface area contributed by atoms with Crippen molar-refractivity contribution < 1.29 is 15.0 Å². The first kappa shape index (κ1) is 36.3. The molecule has 0 aromatic heterocycles. The van der Waals surface area contributed by atoms with Gasteiger partial charge in [0.1, 0.15) is 11.5 Å². The van der Waals surface area contributed by atoms with Gasteiger partial charge in [-0.1, -0.05) is 118 Å². The van der Waals surface area contributed by atoms with Crippen LogP contribution in [0.25, 0.3) is 0 Å². The number of carbonyl (C=O) groups is 1. The van der Waals surface area contributed by atoms with Crippen molar-refractivity contribution in [3.05, 3.63) is 57.6 Å². The summed E-state index contributed by atoms with van der Waals surface area (Å²) < 4.78 is 0. The Kier molecular flexibility index (Phi) is 14.0. The molecule has 1 unspecified atom stereocenters. The summed E-state index contributed by atoms with van der Waals surface area (Å²) in [4.78, 5) is 14.4. The Morgan fingerprint density at radius 1 is 0.690 bits per heavy atom. The Hall–Kier alpha value is -1.94. The summed E-state index contributed by atoms with van der Waals surface area (Å²) in [7, 11) is 0. The van der Waals surface area contributed by atoms with Gasteiger partial charge in [0.15, 0.2) is 5.78 Å². The highest BCUT2D eigenvalue weighted by Crippen LogP contribution is 2.42. The van der Waals surface area contributed by atoms with Gasteiger partial charge in [0.05, 0.1) is 11.2 Å². The van der Waals surface area contributed by atoms with E-state index in [0.717, 1.165) is 45.6 Å². The lowest BCUT2D eigenvalue weighted by atomic mass is 9.76. The molecule has 0 spiro atoms. The lowest BCUT2D eigenvalue weighted by Gasteiger charge is -2.29. The fourth-order valence-electron chi connectivity index (χ4n) is 5.88. The topological polar surface area (TPSA) is 57.5 Å². The molecule has 0 fully saturated rings. The second-order valence-electron chi connectivity index (χ2n) is 14.5. The average molecular weight is 597 g/mol. The Morgan fingerprint density at radius 2 is 1.07 bits per heavy atom. The van der Waals surface area contributed by atoms with Crippen LogP contribution in [0.2, 0.25) is 0 Å². The zero-order valence-electron chi connectivity index (χ0n) is 28.5. The van der Waals surface area contributed by atoms with E-state index in [1.807, 2.05) is 26.0 Å². The Labute approximate surface area is 262 Å². The average Bonchev–Trinajstić information content (AvgIpc) is 2.87. The molecule has 0 aliphatic heterocycles. The first-order chi connectivity index (χ1) is 19.6. The Morgan fingerprint density at radius 3 is 1.45 bits per heavy atom. The third-order valence-corrected chi connectivity index (χ3v) is 9.81. The maximum absolute atomic E-state index is 14.4. The molecule has 2 aromatic rings. The van der Waals surface area contributed by atoms with Crippen molar-refractivity contribution in [2.45, 2.75) is 155 Å². The molecule has 42 heavy (non-hydrogen) atoms. The number of benzene rings is 2. The molecule has 236 valence electrons. The molecule has 0 heterocycles. The predicted octanol–water partition coefficient (Wildman–Crippen LogP) is 11.1. The lowest BCUT2D eigenvalue weighted by Crippen LogP contribution is -2.26. The minimum absolute atomic E-state index is 0.161. The van der Waals surface area contributed by atoms with E-state index >= 15 is 0 Å². The molecule has 2 rings (SSSR count). The molecular weight excluding hydrogens is 536 g/mol. The van der Waals surface area contributed by atoms with Gasteiger partial charge in [0.2, 0.25) is 0 Å². The van der Waals surface area contributed by atoms with Crippen LogP contribution in [0.4, 0.5) is 0 Å². The van der Waals surface area contributed by atoms with Gasteiger partial charge in [-0.2, -0.15) is 11.8 Å². The fourth-order valence-corrected chi connectivity index (χ4v) is 6.91. The van der Waals surface area contributed by atoms with E-state index in [9.17, 15) is 15.0 Å². The van der Waals surface area contributed by atoms with Crippen molar-refractivity contribution in [3.8, 4) is 11.5 Å². The van der Waals surface area contributed by atoms with Crippen molar-refractivity contribution >= 4 is 17.5 Å². The molecule has 1 atom stereocenters. The van der Waals surface area contributed by atoms with Crippen LogP contribution in [-0.4, -0.2) is 27.0 Å². The standard InChI is InChI=1S/C38H60O3S/c1-11-12-13-14-15-16-17-18-19-20-21-42-28(4)36(41)35(29-24-31(37(5,6)7)33(39)22-26(29)2)30-25-32(38(8,9)10)34(40)23-27(30)3/h22-25,28,35,39-40H,11-21H2,1-10H3. The number of aryl methyl sites for hydroxylation is 2. The third-order valence-electron chi connectivity index (χ3n) is 8.56. The fraction of sp³-hybridized carbons (Fsp3) is 0.658. The number of hydrogen-bond donors (Lipinski definition) is 2. The number of hydrogen-bond acceptors (Lipinski definition) is 4. The molecule has 0 aliphatic rings. The Bertz CT molecular complexity index is 1080. The third kappa shape index (κ3) is 10.4. The van der Waals surface area contributed by atoms with E-state index in [1.165, 1.54) is 57.8 Å². The van der Waals surface area contributed by atoms with Crippen LogP contribution in [0.3, 0.4) is 0 Å². The van der Waals surface area contributed by atoms with Crippen LogP contribution in [0.15, 0.2) is 24.3 Å². The SMILES string of the molecule is CCCCCCCCCCCCSC(C)C(=O)C(c1cc(C(C)(C)C)c(O)cc1C)c1cc(C(C)(C)C)c(O)cc1C. The molecule has 4 heteroatoms. The summed E-state index contributed by atoms with van der Waals surface area (Å²) in [6.45, 7) is 20.8. The van der Waals surface area contributed by atoms with Gasteiger partial charge in [-0.05, 0) is 89.3 Å². The van der Waals surface area contributed by atoms with E-state index in [0.29, 0.717) is 0 Å². The van der Waals surface area contributed by atoms with Gasteiger partial charge in [-0.15, -0.1) is 0 Å². The quantitative estimate of drug-likeness (QED) is 0.189. The maximum atomic E-state index is 14.4. The summed E-state index contributed by atoms with van der Waals surface area (Å²) in [5.41, 5.74) is 4.88. The second kappa shape index (κ2) is 16.2. The number of Topliss-reactive ketones (excluding diaryl/α,β-unsaturated/α-hetero) is 1. The molecular formula is C38H60O3S. The molecule has 2 N–H and O–H groups in total. The molecule has 0 saturated heterocycles. The molecule has 0 saturated carbocycles.